The summed E-state index contributed by atoms with van der Waals surface area (Å²) in [7, 11) is 0. The number of alkyl halides is 1. The van der Waals surface area contributed by atoms with E-state index in [1.807, 2.05) is 0 Å². The predicted molar refractivity (Wildman–Crippen MR) is 226 cm³/mol. The fourth-order valence-corrected chi connectivity index (χ4v) is 6.86. The van der Waals surface area contributed by atoms with E-state index in [9.17, 15) is 19.2 Å². The van der Waals surface area contributed by atoms with E-state index in [2.05, 4.69) is 13.8 Å². The van der Waals surface area contributed by atoms with Crippen LogP contribution in [0.15, 0.2) is 0 Å². The molecule has 1 unspecified atom stereocenters. The number of hydrogen-bond acceptors (Lipinski definition) is 8. The number of ether oxygens (including phenoxy) is 4. The van der Waals surface area contributed by atoms with Crippen LogP contribution in [0.3, 0.4) is 0 Å². The largest absolute Gasteiger partial charge is 0.462 e. The van der Waals surface area contributed by atoms with Crippen molar-refractivity contribution in [2.45, 2.75) is 257 Å². The Morgan fingerprint density at radius 1 is 0.364 bits per heavy atom. The summed E-state index contributed by atoms with van der Waals surface area (Å²) >= 11 is 5.68. The van der Waals surface area contributed by atoms with Gasteiger partial charge in [0.2, 0.25) is 0 Å². The van der Waals surface area contributed by atoms with Crippen molar-refractivity contribution in [1.29, 1.82) is 0 Å². The Morgan fingerprint density at radius 3 is 0.873 bits per heavy atom. The molecule has 8 nitrogen and oxygen atoms in total. The van der Waals surface area contributed by atoms with Crippen LogP contribution in [0.4, 0.5) is 0 Å². The monoisotopic (exact) mass is 801 g/mol. The third-order valence-electron chi connectivity index (χ3n) is 10.2. The van der Waals surface area contributed by atoms with Gasteiger partial charge in [-0.1, -0.05) is 199 Å². The number of rotatable bonds is 42. The van der Waals surface area contributed by atoms with Gasteiger partial charge >= 0.3 is 23.9 Å². The molecule has 0 amide bonds. The van der Waals surface area contributed by atoms with Crippen LogP contribution in [0.1, 0.15) is 245 Å². The van der Waals surface area contributed by atoms with Gasteiger partial charge in [0.1, 0.15) is 13.2 Å². The Kier molecular flexibility index (Phi) is 40.4. The van der Waals surface area contributed by atoms with Crippen LogP contribution in [-0.2, 0) is 38.1 Å². The first kappa shape index (κ1) is 53.2. The fourth-order valence-electron chi connectivity index (χ4n) is 6.76. The standard InChI is InChI=1S/C46H85ClO8/c1-4-6-8-10-12-14-16-18-20-22-24-27-31-35-43(48)52-39-42(55-46(51)38-34-30-26-29-33-37-45(50)54-41(3)47)40-53-44(49)36-32-28-25-23-21-19-17-15-13-11-9-7-5-2/h41-42H,4-40H2,1-3H3. The van der Waals surface area contributed by atoms with Crippen molar-refractivity contribution in [1.82, 2.24) is 0 Å². The van der Waals surface area contributed by atoms with Gasteiger partial charge in [-0.3, -0.25) is 19.2 Å². The van der Waals surface area contributed by atoms with Crippen LogP contribution in [0.5, 0.6) is 0 Å². The van der Waals surface area contributed by atoms with Crippen molar-refractivity contribution in [3.05, 3.63) is 0 Å². The molecule has 9 heteroatoms. The SMILES string of the molecule is CCCCCCCCCCCCCCCC(=O)OCC(COC(=O)CCCCCCCCCCCCCCC)OC(=O)CCCCCCCC(=O)OC(C)Cl. The lowest BCUT2D eigenvalue weighted by atomic mass is 10.0. The van der Waals surface area contributed by atoms with Crippen molar-refractivity contribution in [2.24, 2.45) is 0 Å². The minimum Gasteiger partial charge on any atom is -0.462 e. The molecule has 0 bridgehead atoms. The van der Waals surface area contributed by atoms with Gasteiger partial charge in [-0.15, -0.1) is 0 Å². The summed E-state index contributed by atoms with van der Waals surface area (Å²) in [6, 6.07) is 0. The zero-order valence-electron chi connectivity index (χ0n) is 36.0. The van der Waals surface area contributed by atoms with Gasteiger partial charge in [-0.2, -0.15) is 0 Å². The molecule has 0 aromatic heterocycles. The number of halogens is 1. The number of hydrogen-bond donors (Lipinski definition) is 0. The molecular formula is C46H85ClO8. The summed E-state index contributed by atoms with van der Waals surface area (Å²) < 4.78 is 21.5. The first-order chi connectivity index (χ1) is 26.8. The fraction of sp³-hybridized carbons (Fsp3) is 0.913. The Balaban J connectivity index is 4.36. The average molecular weight is 802 g/mol. The minimum atomic E-state index is -0.825. The van der Waals surface area contributed by atoms with E-state index in [1.54, 1.807) is 6.92 Å². The van der Waals surface area contributed by atoms with E-state index in [4.69, 9.17) is 30.5 Å². The number of esters is 4. The smallest absolute Gasteiger partial charge is 0.307 e. The van der Waals surface area contributed by atoms with Gasteiger partial charge in [0.15, 0.2) is 11.7 Å². The second kappa shape index (κ2) is 41.8. The van der Waals surface area contributed by atoms with E-state index in [-0.39, 0.29) is 37.5 Å². The number of carbonyl (C=O) groups excluding carboxylic acids is 4. The average Bonchev–Trinajstić information content (AvgIpc) is 3.15. The third kappa shape index (κ3) is 41.6. The van der Waals surface area contributed by atoms with Crippen molar-refractivity contribution in [2.75, 3.05) is 13.2 Å². The van der Waals surface area contributed by atoms with Gasteiger partial charge in [-0.25, -0.2) is 0 Å². The molecule has 1 atom stereocenters. The normalized spacial score (nSPS) is 11.8. The molecule has 0 spiro atoms. The molecule has 0 fully saturated rings. The molecule has 0 aromatic carbocycles. The summed E-state index contributed by atoms with van der Waals surface area (Å²) in [6.45, 7) is 5.88. The Labute approximate surface area is 343 Å². The predicted octanol–water partition coefficient (Wildman–Crippen LogP) is 13.8. The molecule has 0 aromatic rings. The second-order valence-electron chi connectivity index (χ2n) is 15.8. The van der Waals surface area contributed by atoms with Crippen molar-refractivity contribution in [3.63, 3.8) is 0 Å². The maximum absolute atomic E-state index is 12.7. The highest BCUT2D eigenvalue weighted by Crippen LogP contribution is 2.16. The zero-order chi connectivity index (χ0) is 40.5. The Hall–Kier alpha value is -1.83. The maximum atomic E-state index is 12.7. The number of unbranched alkanes of at least 4 members (excludes halogenated alkanes) is 28. The van der Waals surface area contributed by atoms with Crippen molar-refractivity contribution < 1.29 is 38.1 Å². The molecule has 0 saturated heterocycles. The summed E-state index contributed by atoms with van der Waals surface area (Å²) in [4.78, 5) is 49.3. The van der Waals surface area contributed by atoms with E-state index >= 15 is 0 Å². The molecule has 0 N–H and O–H groups in total. The van der Waals surface area contributed by atoms with Crippen molar-refractivity contribution >= 4 is 35.5 Å². The summed E-state index contributed by atoms with van der Waals surface area (Å²) in [5.74, 6) is -1.32. The lowest BCUT2D eigenvalue weighted by Gasteiger charge is -2.18. The molecule has 0 saturated carbocycles. The van der Waals surface area contributed by atoms with Crippen LogP contribution in [0, 0.1) is 0 Å². The molecule has 324 valence electrons. The molecule has 55 heavy (non-hydrogen) atoms. The van der Waals surface area contributed by atoms with Crippen LogP contribution in [0.25, 0.3) is 0 Å². The zero-order valence-corrected chi connectivity index (χ0v) is 36.7. The molecule has 0 aliphatic rings. The topological polar surface area (TPSA) is 105 Å². The molecule has 0 aliphatic carbocycles. The first-order valence-corrected chi connectivity index (χ1v) is 23.6. The summed E-state index contributed by atoms with van der Waals surface area (Å²) in [5, 5.41) is 0. The van der Waals surface area contributed by atoms with Crippen LogP contribution in [-0.4, -0.2) is 48.8 Å². The summed E-state index contributed by atoms with van der Waals surface area (Å²) in [6.07, 6.45) is 36.5. The Morgan fingerprint density at radius 2 is 0.600 bits per heavy atom. The van der Waals surface area contributed by atoms with Gasteiger partial charge in [0.05, 0.1) is 0 Å². The maximum Gasteiger partial charge on any atom is 0.307 e. The van der Waals surface area contributed by atoms with Crippen LogP contribution < -0.4 is 0 Å². The minimum absolute atomic E-state index is 0.119. The van der Waals surface area contributed by atoms with E-state index in [0.29, 0.717) is 32.1 Å². The summed E-state index contributed by atoms with van der Waals surface area (Å²) in [5.41, 5.74) is -0.623. The lowest BCUT2D eigenvalue weighted by Crippen LogP contribution is -2.30. The first-order valence-electron chi connectivity index (χ1n) is 23.1. The van der Waals surface area contributed by atoms with E-state index in [1.165, 1.54) is 128 Å². The van der Waals surface area contributed by atoms with Gasteiger partial charge in [0.25, 0.3) is 0 Å². The van der Waals surface area contributed by atoms with Crippen LogP contribution >= 0.6 is 11.6 Å². The van der Waals surface area contributed by atoms with E-state index in [0.717, 1.165) is 57.8 Å². The van der Waals surface area contributed by atoms with Gasteiger partial charge in [-0.05, 0) is 32.6 Å². The lowest BCUT2D eigenvalue weighted by molar-refractivity contribution is -0.167. The molecule has 0 radical (unpaired) electrons. The van der Waals surface area contributed by atoms with Crippen molar-refractivity contribution in [3.8, 4) is 0 Å². The van der Waals surface area contributed by atoms with Crippen LogP contribution in [0.2, 0.25) is 0 Å². The quantitative estimate of drug-likeness (QED) is 0.0260. The highest BCUT2D eigenvalue weighted by molar-refractivity contribution is 6.19. The second-order valence-corrected chi connectivity index (χ2v) is 16.4. The molecule has 0 aliphatic heterocycles. The third-order valence-corrected chi connectivity index (χ3v) is 10.3. The molecule has 0 rings (SSSR count). The number of carbonyl (C=O) groups is 4. The van der Waals surface area contributed by atoms with Gasteiger partial charge < -0.3 is 18.9 Å². The molecular weight excluding hydrogens is 716 g/mol. The molecule has 0 heterocycles. The highest BCUT2D eigenvalue weighted by atomic mass is 35.5. The Bertz CT molecular complexity index is 849. The highest BCUT2D eigenvalue weighted by Gasteiger charge is 2.19. The van der Waals surface area contributed by atoms with E-state index < -0.39 is 17.6 Å². The van der Waals surface area contributed by atoms with Gasteiger partial charge in [0, 0.05) is 25.7 Å².